The van der Waals surface area contributed by atoms with Gasteiger partial charge < -0.3 is 21.1 Å². The molecule has 1 unspecified atom stereocenters. The summed E-state index contributed by atoms with van der Waals surface area (Å²) in [7, 11) is 1.61. The topological polar surface area (TPSA) is 76.4 Å². The Kier molecular flexibility index (Phi) is 3.95. The first-order valence-electron chi connectivity index (χ1n) is 6.53. The predicted octanol–water partition coefficient (Wildman–Crippen LogP) is 1.61. The summed E-state index contributed by atoms with van der Waals surface area (Å²) in [5, 5.41) is 5.89. The molecule has 1 heterocycles. The molecule has 5 nitrogen and oxygen atoms in total. The zero-order valence-corrected chi connectivity index (χ0v) is 11.5. The molecule has 0 aliphatic carbocycles. The summed E-state index contributed by atoms with van der Waals surface area (Å²) < 4.78 is 5.72. The van der Waals surface area contributed by atoms with Crippen LogP contribution in [-0.4, -0.2) is 31.7 Å². The number of benzene rings is 1. The number of nitrogens with two attached hydrogens (primary N) is 1. The third-order valence-corrected chi connectivity index (χ3v) is 3.50. The molecule has 104 valence electrons. The monoisotopic (exact) mass is 263 g/mol. The van der Waals surface area contributed by atoms with Gasteiger partial charge in [-0.25, -0.2) is 0 Å². The molecule has 1 aliphatic heterocycles. The molecular formula is C14H21N3O2. The molecule has 0 aromatic heterocycles. The third kappa shape index (κ3) is 3.17. The molecule has 2 rings (SSSR count). The zero-order chi connectivity index (χ0) is 13.9. The number of rotatable bonds is 4. The van der Waals surface area contributed by atoms with Crippen molar-refractivity contribution in [2.24, 2.45) is 0 Å². The molecule has 1 aromatic rings. The average molecular weight is 263 g/mol. The standard InChI is InChI=1S/C14H21N3O2/c1-14(6-3-7-19-14)9-17-12-8-10(13(18)16-2)4-5-11(12)15/h4-5,8,17H,3,6-7,9,15H2,1-2H3,(H,16,18). The van der Waals surface area contributed by atoms with Gasteiger partial charge in [0.05, 0.1) is 17.0 Å². The van der Waals surface area contributed by atoms with Gasteiger partial charge in [-0.2, -0.15) is 0 Å². The lowest BCUT2D eigenvalue weighted by atomic mass is 10.0. The number of carbonyl (C=O) groups is 1. The van der Waals surface area contributed by atoms with Crippen LogP contribution in [-0.2, 0) is 4.74 Å². The largest absolute Gasteiger partial charge is 0.397 e. The van der Waals surface area contributed by atoms with Crippen LogP contribution in [0.25, 0.3) is 0 Å². The fraction of sp³-hybridized carbons (Fsp3) is 0.500. The van der Waals surface area contributed by atoms with E-state index in [1.807, 2.05) is 0 Å². The van der Waals surface area contributed by atoms with E-state index in [0.717, 1.165) is 25.1 Å². The highest BCUT2D eigenvalue weighted by Gasteiger charge is 2.29. The Morgan fingerprint density at radius 1 is 1.53 bits per heavy atom. The second kappa shape index (κ2) is 5.48. The van der Waals surface area contributed by atoms with Gasteiger partial charge >= 0.3 is 0 Å². The van der Waals surface area contributed by atoms with Crippen LogP contribution in [0.15, 0.2) is 18.2 Å². The average Bonchev–Trinajstić information content (AvgIpc) is 2.84. The number of nitrogens with one attached hydrogen (secondary N) is 2. The molecule has 1 atom stereocenters. The predicted molar refractivity (Wildman–Crippen MR) is 76.3 cm³/mol. The first-order valence-corrected chi connectivity index (χ1v) is 6.53. The number of carbonyl (C=O) groups excluding carboxylic acids is 1. The minimum atomic E-state index is -0.143. The van der Waals surface area contributed by atoms with Crippen molar-refractivity contribution in [2.75, 3.05) is 31.2 Å². The summed E-state index contributed by atoms with van der Waals surface area (Å²) in [6.07, 6.45) is 2.13. The summed E-state index contributed by atoms with van der Waals surface area (Å²) in [5.41, 5.74) is 7.78. The number of hydrogen-bond donors (Lipinski definition) is 3. The molecule has 4 N–H and O–H groups in total. The number of nitrogen functional groups attached to an aromatic ring is 1. The van der Waals surface area contributed by atoms with Crippen molar-refractivity contribution >= 4 is 17.3 Å². The highest BCUT2D eigenvalue weighted by Crippen LogP contribution is 2.27. The maximum absolute atomic E-state index is 11.6. The van der Waals surface area contributed by atoms with E-state index in [4.69, 9.17) is 10.5 Å². The maximum atomic E-state index is 11.6. The molecule has 1 aliphatic rings. The van der Waals surface area contributed by atoms with Crippen molar-refractivity contribution in [1.29, 1.82) is 0 Å². The lowest BCUT2D eigenvalue weighted by molar-refractivity contribution is 0.0315. The van der Waals surface area contributed by atoms with Crippen molar-refractivity contribution in [2.45, 2.75) is 25.4 Å². The van der Waals surface area contributed by atoms with Gasteiger partial charge in [-0.15, -0.1) is 0 Å². The van der Waals surface area contributed by atoms with E-state index in [-0.39, 0.29) is 11.5 Å². The Hall–Kier alpha value is -1.75. The molecule has 0 radical (unpaired) electrons. The van der Waals surface area contributed by atoms with Gasteiger partial charge in [-0.3, -0.25) is 4.79 Å². The van der Waals surface area contributed by atoms with Crippen molar-refractivity contribution in [3.8, 4) is 0 Å². The van der Waals surface area contributed by atoms with E-state index in [0.29, 0.717) is 17.8 Å². The van der Waals surface area contributed by atoms with E-state index in [1.165, 1.54) is 0 Å². The molecule has 1 aromatic carbocycles. The molecule has 1 saturated heterocycles. The van der Waals surface area contributed by atoms with Gasteiger partial charge in [0.1, 0.15) is 0 Å². The lowest BCUT2D eigenvalue weighted by Gasteiger charge is -2.24. The molecule has 0 spiro atoms. The number of ether oxygens (including phenoxy) is 1. The highest BCUT2D eigenvalue weighted by atomic mass is 16.5. The fourth-order valence-corrected chi connectivity index (χ4v) is 2.25. The minimum absolute atomic E-state index is 0.119. The minimum Gasteiger partial charge on any atom is -0.397 e. The second-order valence-corrected chi connectivity index (χ2v) is 5.14. The Labute approximate surface area is 113 Å². The van der Waals surface area contributed by atoms with Gasteiger partial charge in [-0.05, 0) is 38.0 Å². The SMILES string of the molecule is CNC(=O)c1ccc(N)c(NCC2(C)CCCO2)c1. The van der Waals surface area contributed by atoms with E-state index < -0.39 is 0 Å². The van der Waals surface area contributed by atoms with E-state index in [9.17, 15) is 4.79 Å². The van der Waals surface area contributed by atoms with E-state index in [1.54, 1.807) is 25.2 Å². The quantitative estimate of drug-likeness (QED) is 0.721. The number of amides is 1. The molecule has 0 bridgehead atoms. The molecule has 1 fully saturated rings. The van der Waals surface area contributed by atoms with Crippen LogP contribution in [0.4, 0.5) is 11.4 Å². The smallest absolute Gasteiger partial charge is 0.251 e. The summed E-state index contributed by atoms with van der Waals surface area (Å²) in [4.78, 5) is 11.6. The molecule has 19 heavy (non-hydrogen) atoms. The van der Waals surface area contributed by atoms with Crippen LogP contribution in [0.2, 0.25) is 0 Å². The van der Waals surface area contributed by atoms with E-state index >= 15 is 0 Å². The van der Waals surface area contributed by atoms with Crippen molar-refractivity contribution in [3.63, 3.8) is 0 Å². The van der Waals surface area contributed by atoms with Crippen LogP contribution >= 0.6 is 0 Å². The van der Waals surface area contributed by atoms with Crippen molar-refractivity contribution in [3.05, 3.63) is 23.8 Å². The normalized spacial score (nSPS) is 22.2. The fourth-order valence-electron chi connectivity index (χ4n) is 2.25. The van der Waals surface area contributed by atoms with Gasteiger partial charge in [0, 0.05) is 25.8 Å². The summed E-state index contributed by atoms with van der Waals surface area (Å²) in [6.45, 7) is 3.59. The van der Waals surface area contributed by atoms with Gasteiger partial charge in [0.2, 0.25) is 0 Å². The molecule has 5 heteroatoms. The molecule has 1 amide bonds. The van der Waals surface area contributed by atoms with Gasteiger partial charge in [0.25, 0.3) is 5.91 Å². The van der Waals surface area contributed by atoms with Crippen LogP contribution < -0.4 is 16.4 Å². The van der Waals surface area contributed by atoms with Crippen LogP contribution in [0.5, 0.6) is 0 Å². The van der Waals surface area contributed by atoms with Crippen LogP contribution in [0.1, 0.15) is 30.1 Å². The van der Waals surface area contributed by atoms with Crippen LogP contribution in [0.3, 0.4) is 0 Å². The number of hydrogen-bond acceptors (Lipinski definition) is 4. The zero-order valence-electron chi connectivity index (χ0n) is 11.5. The maximum Gasteiger partial charge on any atom is 0.251 e. The Morgan fingerprint density at radius 3 is 2.95 bits per heavy atom. The highest BCUT2D eigenvalue weighted by molar-refractivity contribution is 5.96. The van der Waals surface area contributed by atoms with Gasteiger partial charge in [-0.1, -0.05) is 0 Å². The van der Waals surface area contributed by atoms with E-state index in [2.05, 4.69) is 17.6 Å². The number of anilines is 2. The third-order valence-electron chi connectivity index (χ3n) is 3.50. The Balaban J connectivity index is 2.08. The first-order chi connectivity index (χ1) is 9.04. The Bertz CT molecular complexity index is 468. The first kappa shape index (κ1) is 13.7. The van der Waals surface area contributed by atoms with Gasteiger partial charge in [0.15, 0.2) is 0 Å². The van der Waals surface area contributed by atoms with Crippen LogP contribution in [0, 0.1) is 0 Å². The summed E-state index contributed by atoms with van der Waals surface area (Å²) >= 11 is 0. The van der Waals surface area contributed by atoms with Crippen molar-refractivity contribution < 1.29 is 9.53 Å². The molecule has 0 saturated carbocycles. The lowest BCUT2D eigenvalue weighted by Crippen LogP contribution is -2.32. The second-order valence-electron chi connectivity index (χ2n) is 5.14. The molecular weight excluding hydrogens is 242 g/mol. The van der Waals surface area contributed by atoms with Crippen molar-refractivity contribution in [1.82, 2.24) is 5.32 Å². The summed E-state index contributed by atoms with van der Waals surface area (Å²) in [6, 6.07) is 5.23. The Morgan fingerprint density at radius 2 is 2.32 bits per heavy atom. The summed E-state index contributed by atoms with van der Waals surface area (Å²) in [5.74, 6) is -0.119.